The van der Waals surface area contributed by atoms with E-state index in [0.717, 1.165) is 6.42 Å². The Balaban J connectivity index is 2.11. The molecular weight excluding hydrogens is 242 g/mol. The average molecular weight is 263 g/mol. The van der Waals surface area contributed by atoms with Crippen molar-refractivity contribution in [3.8, 4) is 0 Å². The first-order chi connectivity index (χ1) is 9.08. The summed E-state index contributed by atoms with van der Waals surface area (Å²) in [7, 11) is 0. The Labute approximate surface area is 113 Å². The van der Waals surface area contributed by atoms with Crippen molar-refractivity contribution in [2.24, 2.45) is 5.92 Å². The molecule has 5 nitrogen and oxygen atoms in total. The van der Waals surface area contributed by atoms with Crippen molar-refractivity contribution >= 4 is 17.5 Å². The number of anilines is 2. The molecule has 0 amide bonds. The van der Waals surface area contributed by atoms with Crippen molar-refractivity contribution in [3.05, 3.63) is 17.8 Å². The number of nitrogens with zero attached hydrogens (tertiary/aromatic N) is 1. The first kappa shape index (κ1) is 13.6. The second-order valence-electron chi connectivity index (χ2n) is 5.33. The molecule has 2 atom stereocenters. The normalized spacial score (nSPS) is 23.6. The maximum atomic E-state index is 10.8. The molecule has 2 unspecified atom stereocenters. The van der Waals surface area contributed by atoms with Crippen LogP contribution in [0, 0.1) is 5.92 Å². The number of hydrogen-bond donors (Lipinski definition) is 3. The van der Waals surface area contributed by atoms with Gasteiger partial charge in [-0.05, 0) is 24.8 Å². The number of pyridine rings is 1. The molecule has 1 aliphatic carbocycles. The van der Waals surface area contributed by atoms with E-state index >= 15 is 0 Å². The minimum absolute atomic E-state index is 0.122. The van der Waals surface area contributed by atoms with Crippen LogP contribution in [-0.2, 0) is 0 Å². The highest BCUT2D eigenvalue weighted by Gasteiger charge is 2.21. The van der Waals surface area contributed by atoms with Gasteiger partial charge in [0, 0.05) is 12.2 Å². The molecule has 104 valence electrons. The zero-order chi connectivity index (χ0) is 13.8. The summed E-state index contributed by atoms with van der Waals surface area (Å²) in [4.78, 5) is 15.0. The summed E-state index contributed by atoms with van der Waals surface area (Å²) in [5.41, 5.74) is 6.39. The smallest absolute Gasteiger partial charge is 0.337 e. The molecule has 1 heterocycles. The molecule has 1 fully saturated rings. The fourth-order valence-corrected chi connectivity index (χ4v) is 2.60. The Kier molecular flexibility index (Phi) is 4.24. The zero-order valence-electron chi connectivity index (χ0n) is 11.2. The number of nitrogens with one attached hydrogen (secondary N) is 1. The molecule has 0 bridgehead atoms. The molecule has 0 spiro atoms. The van der Waals surface area contributed by atoms with E-state index in [1.807, 2.05) is 0 Å². The van der Waals surface area contributed by atoms with Gasteiger partial charge in [0.25, 0.3) is 0 Å². The molecule has 0 aromatic carbocycles. The van der Waals surface area contributed by atoms with E-state index in [9.17, 15) is 4.79 Å². The number of carboxylic acid groups (broad SMARTS) is 1. The molecule has 4 N–H and O–H groups in total. The van der Waals surface area contributed by atoms with Gasteiger partial charge in [0.2, 0.25) is 0 Å². The molecule has 19 heavy (non-hydrogen) atoms. The predicted octanol–water partition coefficient (Wildman–Crippen LogP) is 2.74. The van der Waals surface area contributed by atoms with E-state index < -0.39 is 5.97 Å². The first-order valence-electron chi connectivity index (χ1n) is 6.83. The van der Waals surface area contributed by atoms with Crippen LogP contribution in [0.15, 0.2) is 12.3 Å². The van der Waals surface area contributed by atoms with Crippen LogP contribution in [0.3, 0.4) is 0 Å². The number of carboxylic acids is 1. The monoisotopic (exact) mass is 263 g/mol. The lowest BCUT2D eigenvalue weighted by molar-refractivity contribution is 0.0696. The maximum absolute atomic E-state index is 10.8. The van der Waals surface area contributed by atoms with Gasteiger partial charge in [-0.1, -0.05) is 26.2 Å². The number of carbonyl (C=O) groups is 1. The number of nitrogens with two attached hydrogens (primary N) is 1. The minimum atomic E-state index is -1.01. The van der Waals surface area contributed by atoms with Crippen LogP contribution in [0.5, 0.6) is 0 Å². The highest BCUT2D eigenvalue weighted by molar-refractivity contribution is 5.89. The molecule has 1 aromatic heterocycles. The molecular formula is C14H21N3O2. The van der Waals surface area contributed by atoms with Gasteiger partial charge in [-0.15, -0.1) is 0 Å². The van der Waals surface area contributed by atoms with Crippen molar-refractivity contribution in [3.63, 3.8) is 0 Å². The number of aromatic nitrogens is 1. The Bertz CT molecular complexity index is 462. The number of nitrogen functional groups attached to an aromatic ring is 1. The predicted molar refractivity (Wildman–Crippen MR) is 75.3 cm³/mol. The quantitative estimate of drug-likeness (QED) is 0.730. The summed E-state index contributed by atoms with van der Waals surface area (Å²) in [6, 6.07) is 1.83. The summed E-state index contributed by atoms with van der Waals surface area (Å²) < 4.78 is 0. The van der Waals surface area contributed by atoms with Gasteiger partial charge in [-0.3, -0.25) is 0 Å². The lowest BCUT2D eigenvalue weighted by Gasteiger charge is -2.24. The summed E-state index contributed by atoms with van der Waals surface area (Å²) in [6.45, 7) is 2.24. The van der Waals surface area contributed by atoms with Crippen molar-refractivity contribution < 1.29 is 9.90 Å². The van der Waals surface area contributed by atoms with Crippen LogP contribution >= 0.6 is 0 Å². The third-order valence-electron chi connectivity index (χ3n) is 3.85. The molecule has 0 aliphatic heterocycles. The lowest BCUT2D eigenvalue weighted by Crippen LogP contribution is -2.27. The van der Waals surface area contributed by atoms with Gasteiger partial charge in [-0.2, -0.15) is 0 Å². The standard InChI is InChI=1S/C14H21N3O2/c1-9-5-3-2-4-6-12(9)17-13-11(15)7-10(8-16-13)14(18)19/h7-9,12H,2-6,15H2,1H3,(H,16,17)(H,18,19). The van der Waals surface area contributed by atoms with Crippen molar-refractivity contribution in [2.75, 3.05) is 11.1 Å². The van der Waals surface area contributed by atoms with Gasteiger partial charge in [0.05, 0.1) is 11.3 Å². The minimum Gasteiger partial charge on any atom is -0.478 e. The van der Waals surface area contributed by atoms with Gasteiger partial charge in [0.15, 0.2) is 0 Å². The van der Waals surface area contributed by atoms with E-state index in [0.29, 0.717) is 23.5 Å². The lowest BCUT2D eigenvalue weighted by atomic mass is 9.97. The largest absolute Gasteiger partial charge is 0.478 e. The summed E-state index contributed by atoms with van der Waals surface area (Å²) in [6.07, 6.45) is 7.45. The van der Waals surface area contributed by atoms with Gasteiger partial charge in [-0.25, -0.2) is 9.78 Å². The van der Waals surface area contributed by atoms with E-state index in [-0.39, 0.29) is 5.56 Å². The maximum Gasteiger partial charge on any atom is 0.337 e. The van der Waals surface area contributed by atoms with Crippen LogP contribution in [-0.4, -0.2) is 22.1 Å². The van der Waals surface area contributed by atoms with Crippen molar-refractivity contribution in [1.82, 2.24) is 4.98 Å². The zero-order valence-corrected chi connectivity index (χ0v) is 11.2. The first-order valence-corrected chi connectivity index (χ1v) is 6.83. The van der Waals surface area contributed by atoms with Gasteiger partial charge < -0.3 is 16.2 Å². The Morgan fingerprint density at radius 2 is 2.16 bits per heavy atom. The van der Waals surface area contributed by atoms with Crippen LogP contribution < -0.4 is 11.1 Å². The van der Waals surface area contributed by atoms with E-state index in [4.69, 9.17) is 10.8 Å². The average Bonchev–Trinajstić information content (AvgIpc) is 2.57. The van der Waals surface area contributed by atoms with E-state index in [2.05, 4.69) is 17.2 Å². The fourth-order valence-electron chi connectivity index (χ4n) is 2.60. The van der Waals surface area contributed by atoms with Crippen LogP contribution in [0.4, 0.5) is 11.5 Å². The fraction of sp³-hybridized carbons (Fsp3) is 0.571. The molecule has 5 heteroatoms. The molecule has 1 saturated carbocycles. The second kappa shape index (κ2) is 5.91. The molecule has 0 radical (unpaired) electrons. The topological polar surface area (TPSA) is 88.2 Å². The summed E-state index contributed by atoms with van der Waals surface area (Å²) in [5, 5.41) is 12.3. The van der Waals surface area contributed by atoms with E-state index in [1.165, 1.54) is 37.9 Å². The third-order valence-corrected chi connectivity index (χ3v) is 3.85. The molecule has 1 aliphatic rings. The third kappa shape index (κ3) is 3.36. The van der Waals surface area contributed by atoms with Crippen molar-refractivity contribution in [1.29, 1.82) is 0 Å². The summed E-state index contributed by atoms with van der Waals surface area (Å²) in [5.74, 6) is 0.181. The van der Waals surface area contributed by atoms with Gasteiger partial charge >= 0.3 is 5.97 Å². The van der Waals surface area contributed by atoms with E-state index in [1.54, 1.807) is 0 Å². The number of rotatable bonds is 3. The number of aromatic carboxylic acids is 1. The highest BCUT2D eigenvalue weighted by atomic mass is 16.4. The summed E-state index contributed by atoms with van der Waals surface area (Å²) >= 11 is 0. The number of hydrogen-bond acceptors (Lipinski definition) is 4. The Morgan fingerprint density at radius 1 is 1.42 bits per heavy atom. The highest BCUT2D eigenvalue weighted by Crippen LogP contribution is 2.27. The Hall–Kier alpha value is -1.78. The molecule has 1 aromatic rings. The molecule has 0 saturated heterocycles. The van der Waals surface area contributed by atoms with Gasteiger partial charge in [0.1, 0.15) is 5.82 Å². The van der Waals surface area contributed by atoms with Crippen LogP contribution in [0.2, 0.25) is 0 Å². The van der Waals surface area contributed by atoms with Crippen molar-refractivity contribution in [2.45, 2.75) is 45.1 Å². The van der Waals surface area contributed by atoms with Crippen LogP contribution in [0.25, 0.3) is 0 Å². The molecule has 2 rings (SSSR count). The second-order valence-corrected chi connectivity index (χ2v) is 5.33. The SMILES string of the molecule is CC1CCCCCC1Nc1ncc(C(=O)O)cc1N. The van der Waals surface area contributed by atoms with Crippen LogP contribution in [0.1, 0.15) is 49.4 Å². The Morgan fingerprint density at radius 3 is 2.84 bits per heavy atom.